The highest BCUT2D eigenvalue weighted by Crippen LogP contribution is 1.99. The molecule has 2 heterocycles. The first-order valence-corrected chi connectivity index (χ1v) is 3.28. The summed E-state index contributed by atoms with van der Waals surface area (Å²) in [4.78, 5) is 7.98. The van der Waals surface area contributed by atoms with E-state index in [0.717, 1.165) is 5.65 Å². The van der Waals surface area contributed by atoms with E-state index in [0.29, 0.717) is 5.69 Å². The predicted molar refractivity (Wildman–Crippen MR) is 38.9 cm³/mol. The van der Waals surface area contributed by atoms with E-state index >= 15 is 0 Å². The second kappa shape index (κ2) is 2.32. The highest BCUT2D eigenvalue weighted by molar-refractivity contribution is 5.34. The van der Waals surface area contributed by atoms with Crippen LogP contribution in [0.15, 0.2) is 24.8 Å². The molecule has 0 aliphatic rings. The summed E-state index contributed by atoms with van der Waals surface area (Å²) < 4.78 is 1.82. The van der Waals surface area contributed by atoms with E-state index in [1.807, 2.05) is 10.6 Å². The van der Waals surface area contributed by atoms with Crippen LogP contribution in [-0.4, -0.2) is 19.5 Å². The fraction of sp³-hybridized carbons (Fsp3) is 0.143. The zero-order valence-electron chi connectivity index (χ0n) is 5.81. The summed E-state index contributed by atoms with van der Waals surface area (Å²) in [7, 11) is 0. The molecule has 0 aliphatic carbocycles. The summed E-state index contributed by atoms with van der Waals surface area (Å²) in [6.07, 6.45) is 6.89. The molecule has 2 aromatic heterocycles. The van der Waals surface area contributed by atoms with Crippen molar-refractivity contribution >= 4 is 5.65 Å². The summed E-state index contributed by atoms with van der Waals surface area (Å²) in [5, 5.41) is 8.74. The van der Waals surface area contributed by atoms with Crippen LogP contribution in [0.1, 0.15) is 5.69 Å². The summed E-state index contributed by atoms with van der Waals surface area (Å²) in [5.41, 5.74) is 1.44. The smallest absolute Gasteiger partial charge is 0.155 e. The SMILES string of the molecule is OCc1cn2ccnc2cn1. The first-order chi connectivity index (χ1) is 5.40. The van der Waals surface area contributed by atoms with Gasteiger partial charge in [0.1, 0.15) is 0 Å². The molecule has 56 valence electrons. The molecule has 0 aliphatic heterocycles. The molecule has 0 amide bonds. The predicted octanol–water partition coefficient (Wildman–Crippen LogP) is 0.222. The molecule has 0 unspecified atom stereocenters. The van der Waals surface area contributed by atoms with Crippen molar-refractivity contribution in [3.05, 3.63) is 30.5 Å². The van der Waals surface area contributed by atoms with Gasteiger partial charge < -0.3 is 9.51 Å². The lowest BCUT2D eigenvalue weighted by atomic mass is 10.5. The third-order valence-electron chi connectivity index (χ3n) is 1.49. The second-order valence-corrected chi connectivity index (χ2v) is 2.23. The highest BCUT2D eigenvalue weighted by Gasteiger charge is 1.94. The van der Waals surface area contributed by atoms with Gasteiger partial charge in [0.15, 0.2) is 5.65 Å². The lowest BCUT2D eigenvalue weighted by Crippen LogP contribution is -1.92. The van der Waals surface area contributed by atoms with Crippen LogP contribution in [0.3, 0.4) is 0 Å². The molecule has 4 nitrogen and oxygen atoms in total. The number of rotatable bonds is 1. The van der Waals surface area contributed by atoms with Gasteiger partial charge in [-0.05, 0) is 0 Å². The minimum absolute atomic E-state index is 0.0336. The lowest BCUT2D eigenvalue weighted by molar-refractivity contribution is 0.276. The molecule has 0 bridgehead atoms. The topological polar surface area (TPSA) is 50.4 Å². The molecule has 0 spiro atoms. The summed E-state index contributed by atoms with van der Waals surface area (Å²) in [6, 6.07) is 0. The number of imidazole rings is 1. The molecule has 11 heavy (non-hydrogen) atoms. The van der Waals surface area contributed by atoms with Crippen LogP contribution in [0.5, 0.6) is 0 Å². The Kier molecular flexibility index (Phi) is 1.33. The fourth-order valence-electron chi connectivity index (χ4n) is 0.950. The van der Waals surface area contributed by atoms with Gasteiger partial charge >= 0.3 is 0 Å². The van der Waals surface area contributed by atoms with Crippen molar-refractivity contribution in [2.75, 3.05) is 0 Å². The number of aliphatic hydroxyl groups is 1. The zero-order valence-corrected chi connectivity index (χ0v) is 5.81. The van der Waals surface area contributed by atoms with Gasteiger partial charge in [-0.1, -0.05) is 0 Å². The maximum atomic E-state index is 8.74. The Hall–Kier alpha value is -1.42. The van der Waals surface area contributed by atoms with Crippen LogP contribution in [0.25, 0.3) is 5.65 Å². The lowest BCUT2D eigenvalue weighted by Gasteiger charge is -1.95. The molecule has 1 N–H and O–H groups in total. The van der Waals surface area contributed by atoms with Crippen LogP contribution in [0.2, 0.25) is 0 Å². The number of aromatic nitrogens is 3. The van der Waals surface area contributed by atoms with Crippen molar-refractivity contribution in [2.24, 2.45) is 0 Å². The van der Waals surface area contributed by atoms with Crippen molar-refractivity contribution in [1.82, 2.24) is 14.4 Å². The number of nitrogens with zero attached hydrogens (tertiary/aromatic N) is 3. The Morgan fingerprint density at radius 2 is 2.36 bits per heavy atom. The van der Waals surface area contributed by atoms with Crippen molar-refractivity contribution in [3.63, 3.8) is 0 Å². The van der Waals surface area contributed by atoms with Gasteiger partial charge in [0.2, 0.25) is 0 Å². The molecule has 2 rings (SSSR count). The van der Waals surface area contributed by atoms with E-state index < -0.39 is 0 Å². The van der Waals surface area contributed by atoms with Crippen molar-refractivity contribution in [1.29, 1.82) is 0 Å². The van der Waals surface area contributed by atoms with Crippen LogP contribution in [-0.2, 0) is 6.61 Å². The van der Waals surface area contributed by atoms with Gasteiger partial charge in [0, 0.05) is 18.6 Å². The number of hydrogen-bond acceptors (Lipinski definition) is 3. The molecule has 0 aromatic carbocycles. The molecular weight excluding hydrogens is 142 g/mol. The fourth-order valence-corrected chi connectivity index (χ4v) is 0.950. The Bertz CT molecular complexity index is 368. The molecular formula is C7H7N3O. The summed E-state index contributed by atoms with van der Waals surface area (Å²) in [6.45, 7) is -0.0336. The second-order valence-electron chi connectivity index (χ2n) is 2.23. The third kappa shape index (κ3) is 0.969. The average molecular weight is 149 g/mol. The Balaban J connectivity index is 2.67. The number of aliphatic hydroxyl groups excluding tert-OH is 1. The van der Waals surface area contributed by atoms with Gasteiger partial charge in [-0.25, -0.2) is 4.98 Å². The van der Waals surface area contributed by atoms with Gasteiger partial charge in [0.05, 0.1) is 18.5 Å². The van der Waals surface area contributed by atoms with E-state index in [1.165, 1.54) is 0 Å². The monoisotopic (exact) mass is 149 g/mol. The molecule has 0 radical (unpaired) electrons. The zero-order chi connectivity index (χ0) is 7.68. The molecule has 4 heteroatoms. The molecule has 2 aromatic rings. The van der Waals surface area contributed by atoms with Gasteiger partial charge in [-0.15, -0.1) is 0 Å². The Morgan fingerprint density at radius 1 is 1.45 bits per heavy atom. The largest absolute Gasteiger partial charge is 0.390 e. The number of hydrogen-bond donors (Lipinski definition) is 1. The minimum Gasteiger partial charge on any atom is -0.390 e. The van der Waals surface area contributed by atoms with E-state index in [1.54, 1.807) is 18.6 Å². The minimum atomic E-state index is -0.0336. The van der Waals surface area contributed by atoms with Gasteiger partial charge in [0.25, 0.3) is 0 Å². The standard InChI is InChI=1S/C7H7N3O/c11-5-6-4-10-2-1-8-7(10)3-9-6/h1-4,11H,5H2. The van der Waals surface area contributed by atoms with E-state index in [4.69, 9.17) is 5.11 Å². The first kappa shape index (κ1) is 6.30. The van der Waals surface area contributed by atoms with Crippen LogP contribution in [0.4, 0.5) is 0 Å². The van der Waals surface area contributed by atoms with Crippen LogP contribution < -0.4 is 0 Å². The first-order valence-electron chi connectivity index (χ1n) is 3.28. The van der Waals surface area contributed by atoms with Gasteiger partial charge in [-0.3, -0.25) is 4.98 Å². The van der Waals surface area contributed by atoms with Crippen molar-refractivity contribution < 1.29 is 5.11 Å². The Morgan fingerprint density at radius 3 is 3.18 bits per heavy atom. The van der Waals surface area contributed by atoms with E-state index in [-0.39, 0.29) is 6.61 Å². The third-order valence-corrected chi connectivity index (χ3v) is 1.49. The van der Waals surface area contributed by atoms with Crippen LogP contribution in [0, 0.1) is 0 Å². The maximum Gasteiger partial charge on any atom is 0.155 e. The van der Waals surface area contributed by atoms with E-state index in [2.05, 4.69) is 9.97 Å². The summed E-state index contributed by atoms with van der Waals surface area (Å²) in [5.74, 6) is 0. The van der Waals surface area contributed by atoms with E-state index in [9.17, 15) is 0 Å². The normalized spacial score (nSPS) is 10.6. The maximum absolute atomic E-state index is 8.74. The molecule has 0 saturated carbocycles. The average Bonchev–Trinajstić information content (AvgIpc) is 2.50. The summed E-state index contributed by atoms with van der Waals surface area (Å²) >= 11 is 0. The molecule has 0 fully saturated rings. The Labute approximate surface area is 63.1 Å². The van der Waals surface area contributed by atoms with Crippen molar-refractivity contribution in [2.45, 2.75) is 6.61 Å². The van der Waals surface area contributed by atoms with Crippen LogP contribution >= 0.6 is 0 Å². The molecule has 0 atom stereocenters. The highest BCUT2D eigenvalue weighted by atomic mass is 16.3. The molecule has 0 saturated heterocycles. The quantitative estimate of drug-likeness (QED) is 0.631. The number of fused-ring (bicyclic) bond motifs is 1. The van der Waals surface area contributed by atoms with Crippen molar-refractivity contribution in [3.8, 4) is 0 Å². The van der Waals surface area contributed by atoms with Gasteiger partial charge in [-0.2, -0.15) is 0 Å².